The summed E-state index contributed by atoms with van der Waals surface area (Å²) in [4.78, 5) is 38.4. The summed E-state index contributed by atoms with van der Waals surface area (Å²) in [7, 11) is 0. The SMILES string of the molecule is C=C(C)C(=O)OC(C)C(=O)N(C(=O)C1CCC(C(F)(F)F)CC1)C(C)(C)C. The van der Waals surface area contributed by atoms with E-state index in [0.717, 1.165) is 4.90 Å². The van der Waals surface area contributed by atoms with E-state index in [1.165, 1.54) is 13.8 Å². The second kappa shape index (κ2) is 8.44. The Hall–Kier alpha value is -1.86. The van der Waals surface area contributed by atoms with E-state index in [9.17, 15) is 27.6 Å². The van der Waals surface area contributed by atoms with Gasteiger partial charge in [-0.2, -0.15) is 13.2 Å². The Labute approximate surface area is 157 Å². The Morgan fingerprint density at radius 3 is 1.93 bits per heavy atom. The molecule has 8 heteroatoms. The molecule has 0 aromatic carbocycles. The van der Waals surface area contributed by atoms with E-state index in [1.54, 1.807) is 20.8 Å². The standard InChI is InChI=1S/C19H28F3NO4/c1-11(2)17(26)27-12(3)15(24)23(18(4,5)6)16(25)13-7-9-14(10-8-13)19(20,21)22/h12-14H,1,7-10H2,2-6H3. The second-order valence-electron chi connectivity index (χ2n) is 8.10. The first kappa shape index (κ1) is 23.2. The van der Waals surface area contributed by atoms with Crippen LogP contribution in [-0.4, -0.2) is 40.5 Å². The first-order valence-corrected chi connectivity index (χ1v) is 8.97. The molecule has 0 aromatic heterocycles. The Kier molecular flexibility index (Phi) is 7.24. The van der Waals surface area contributed by atoms with Crippen molar-refractivity contribution in [2.45, 2.75) is 78.1 Å². The van der Waals surface area contributed by atoms with Gasteiger partial charge in [0, 0.05) is 17.0 Å². The number of carbonyl (C=O) groups is 3. The molecule has 0 spiro atoms. The number of amides is 2. The number of imide groups is 1. The van der Waals surface area contributed by atoms with Gasteiger partial charge >= 0.3 is 12.1 Å². The van der Waals surface area contributed by atoms with Gasteiger partial charge in [-0.15, -0.1) is 0 Å². The molecule has 0 N–H and O–H groups in total. The number of carbonyl (C=O) groups excluding carboxylic acids is 3. The van der Waals surface area contributed by atoms with Gasteiger partial charge in [-0.3, -0.25) is 14.5 Å². The third-order valence-electron chi connectivity index (χ3n) is 4.63. The molecule has 0 bridgehead atoms. The maximum atomic E-state index is 12.9. The highest BCUT2D eigenvalue weighted by Gasteiger charge is 2.45. The molecule has 1 atom stereocenters. The van der Waals surface area contributed by atoms with E-state index >= 15 is 0 Å². The summed E-state index contributed by atoms with van der Waals surface area (Å²) in [6, 6.07) is 0. The highest BCUT2D eigenvalue weighted by Crippen LogP contribution is 2.40. The highest BCUT2D eigenvalue weighted by molar-refractivity contribution is 6.00. The molecule has 0 radical (unpaired) electrons. The predicted molar refractivity (Wildman–Crippen MR) is 93.5 cm³/mol. The molecule has 1 aliphatic carbocycles. The van der Waals surface area contributed by atoms with Crippen LogP contribution < -0.4 is 0 Å². The molecule has 1 saturated carbocycles. The van der Waals surface area contributed by atoms with Crippen molar-refractivity contribution in [1.29, 1.82) is 0 Å². The zero-order chi connectivity index (χ0) is 21.2. The smallest absolute Gasteiger partial charge is 0.391 e. The van der Waals surface area contributed by atoms with Gasteiger partial charge in [-0.25, -0.2) is 4.79 Å². The van der Waals surface area contributed by atoms with E-state index in [2.05, 4.69) is 6.58 Å². The van der Waals surface area contributed by atoms with Crippen LogP contribution >= 0.6 is 0 Å². The molecule has 2 amide bonds. The van der Waals surface area contributed by atoms with Gasteiger partial charge in [0.15, 0.2) is 6.10 Å². The highest BCUT2D eigenvalue weighted by atomic mass is 19.4. The summed E-state index contributed by atoms with van der Waals surface area (Å²) in [6.45, 7) is 11.2. The minimum Gasteiger partial charge on any atom is -0.449 e. The Morgan fingerprint density at radius 1 is 1.07 bits per heavy atom. The Morgan fingerprint density at radius 2 is 1.56 bits per heavy atom. The number of alkyl halides is 3. The average Bonchev–Trinajstić information content (AvgIpc) is 2.52. The van der Waals surface area contributed by atoms with E-state index in [-0.39, 0.29) is 31.3 Å². The van der Waals surface area contributed by atoms with Crippen LogP contribution in [0.2, 0.25) is 0 Å². The number of ether oxygens (including phenoxy) is 1. The first-order valence-electron chi connectivity index (χ1n) is 8.97. The summed E-state index contributed by atoms with van der Waals surface area (Å²) in [5, 5.41) is 0. The molecule has 0 saturated heterocycles. The number of nitrogens with zero attached hydrogens (tertiary/aromatic N) is 1. The Balaban J connectivity index is 2.92. The summed E-state index contributed by atoms with van der Waals surface area (Å²) in [6.07, 6.45) is -5.59. The van der Waals surface area contributed by atoms with E-state index in [1.807, 2.05) is 0 Å². The molecule has 1 fully saturated rings. The third-order valence-corrected chi connectivity index (χ3v) is 4.63. The van der Waals surface area contributed by atoms with Crippen molar-refractivity contribution in [3.05, 3.63) is 12.2 Å². The molecule has 0 aliphatic heterocycles. The van der Waals surface area contributed by atoms with Crippen LogP contribution in [0.4, 0.5) is 13.2 Å². The van der Waals surface area contributed by atoms with E-state index in [0.29, 0.717) is 0 Å². The predicted octanol–water partition coefficient (Wildman–Crippen LogP) is 4.02. The van der Waals surface area contributed by atoms with E-state index in [4.69, 9.17) is 4.74 Å². The zero-order valence-electron chi connectivity index (χ0n) is 16.5. The van der Waals surface area contributed by atoms with E-state index < -0.39 is 47.4 Å². The molecule has 5 nitrogen and oxygen atoms in total. The maximum Gasteiger partial charge on any atom is 0.391 e. The minimum absolute atomic E-state index is 0.0722. The molecule has 0 heterocycles. The van der Waals surface area contributed by atoms with Crippen LogP contribution in [0.15, 0.2) is 12.2 Å². The molecular formula is C19H28F3NO4. The fourth-order valence-corrected chi connectivity index (χ4v) is 3.11. The van der Waals surface area contributed by atoms with Crippen molar-refractivity contribution < 1.29 is 32.3 Å². The molecule has 154 valence electrons. The quantitative estimate of drug-likeness (QED) is 0.536. The van der Waals surface area contributed by atoms with Gasteiger partial charge in [0.1, 0.15) is 0 Å². The molecule has 0 aromatic rings. The molecular weight excluding hydrogens is 363 g/mol. The second-order valence-corrected chi connectivity index (χ2v) is 8.10. The van der Waals surface area contributed by atoms with Gasteiger partial charge in [0.25, 0.3) is 5.91 Å². The van der Waals surface area contributed by atoms with Gasteiger partial charge in [-0.05, 0) is 60.3 Å². The van der Waals surface area contributed by atoms with Gasteiger partial charge in [0.2, 0.25) is 5.91 Å². The van der Waals surface area contributed by atoms with Crippen molar-refractivity contribution in [2.75, 3.05) is 0 Å². The van der Waals surface area contributed by atoms with Crippen molar-refractivity contribution in [1.82, 2.24) is 4.90 Å². The van der Waals surface area contributed by atoms with Crippen molar-refractivity contribution in [2.24, 2.45) is 11.8 Å². The van der Waals surface area contributed by atoms with Crippen LogP contribution in [0.1, 0.15) is 60.3 Å². The fourth-order valence-electron chi connectivity index (χ4n) is 3.11. The lowest BCUT2D eigenvalue weighted by molar-refractivity contribution is -0.186. The third kappa shape index (κ3) is 6.07. The minimum atomic E-state index is -4.27. The first-order chi connectivity index (χ1) is 12.2. The van der Waals surface area contributed by atoms with Crippen molar-refractivity contribution >= 4 is 17.8 Å². The number of halogens is 3. The van der Waals surface area contributed by atoms with Crippen LogP contribution in [0.5, 0.6) is 0 Å². The van der Waals surface area contributed by atoms with Crippen LogP contribution in [0.25, 0.3) is 0 Å². The number of hydrogen-bond acceptors (Lipinski definition) is 4. The van der Waals surface area contributed by atoms with Crippen molar-refractivity contribution in [3.8, 4) is 0 Å². The molecule has 1 rings (SSSR count). The summed E-state index contributed by atoms with van der Waals surface area (Å²) in [5.74, 6) is -4.03. The van der Waals surface area contributed by atoms with Gasteiger partial charge < -0.3 is 4.74 Å². The zero-order valence-corrected chi connectivity index (χ0v) is 16.5. The van der Waals surface area contributed by atoms with Crippen molar-refractivity contribution in [3.63, 3.8) is 0 Å². The average molecular weight is 391 g/mol. The largest absolute Gasteiger partial charge is 0.449 e. The number of esters is 1. The van der Waals surface area contributed by atoms with Crippen LogP contribution in [0.3, 0.4) is 0 Å². The van der Waals surface area contributed by atoms with Crippen LogP contribution in [-0.2, 0) is 19.1 Å². The lowest BCUT2D eigenvalue weighted by Crippen LogP contribution is -2.55. The number of hydrogen-bond donors (Lipinski definition) is 0. The van der Waals surface area contributed by atoms with Gasteiger partial charge in [0.05, 0.1) is 5.92 Å². The topological polar surface area (TPSA) is 63.7 Å². The lowest BCUT2D eigenvalue weighted by Gasteiger charge is -2.39. The Bertz CT molecular complexity index is 599. The monoisotopic (exact) mass is 391 g/mol. The number of rotatable bonds is 4. The molecule has 27 heavy (non-hydrogen) atoms. The van der Waals surface area contributed by atoms with Crippen LogP contribution in [0, 0.1) is 11.8 Å². The maximum absolute atomic E-state index is 12.9. The molecule has 1 unspecified atom stereocenters. The fraction of sp³-hybridized carbons (Fsp3) is 0.737. The summed E-state index contributed by atoms with van der Waals surface area (Å²) in [5.41, 5.74) is -0.785. The molecule has 1 aliphatic rings. The lowest BCUT2D eigenvalue weighted by atomic mass is 9.80. The van der Waals surface area contributed by atoms with Gasteiger partial charge in [-0.1, -0.05) is 6.58 Å². The summed E-state index contributed by atoms with van der Waals surface area (Å²) < 4.78 is 43.5. The summed E-state index contributed by atoms with van der Waals surface area (Å²) >= 11 is 0. The normalized spacial score (nSPS) is 21.9.